The van der Waals surface area contributed by atoms with Gasteiger partial charge in [0.1, 0.15) is 6.04 Å². The molecule has 9 heteroatoms. The Bertz CT molecular complexity index is 1400. The van der Waals surface area contributed by atoms with Crippen LogP contribution in [0, 0.1) is 12.8 Å². The maximum absolute atomic E-state index is 13.9. The number of sulfonamides is 1. The van der Waals surface area contributed by atoms with Gasteiger partial charge in [-0.15, -0.1) is 0 Å². The van der Waals surface area contributed by atoms with Crippen molar-refractivity contribution in [1.29, 1.82) is 0 Å². The van der Waals surface area contributed by atoms with E-state index >= 15 is 0 Å². The van der Waals surface area contributed by atoms with Crippen LogP contribution in [0.5, 0.6) is 0 Å². The molecule has 0 aliphatic carbocycles. The summed E-state index contributed by atoms with van der Waals surface area (Å²) >= 11 is 6.27. The molecular weight excluding hydrogens is 558 g/mol. The predicted octanol–water partition coefficient (Wildman–Crippen LogP) is 5.61. The van der Waals surface area contributed by atoms with E-state index in [2.05, 4.69) is 5.32 Å². The van der Waals surface area contributed by atoms with Crippen molar-refractivity contribution in [3.8, 4) is 0 Å². The minimum absolute atomic E-state index is 0.0707. The first-order valence-corrected chi connectivity index (χ1v) is 16.1. The van der Waals surface area contributed by atoms with Gasteiger partial charge in [-0.05, 0) is 48.1 Å². The second kappa shape index (κ2) is 15.0. The summed E-state index contributed by atoms with van der Waals surface area (Å²) in [6, 6.07) is 23.6. The summed E-state index contributed by atoms with van der Waals surface area (Å²) in [5.74, 6) is -0.170. The number of carbonyl (C=O) groups excluding carboxylic acids is 2. The molecule has 0 aliphatic heterocycles. The second-order valence-corrected chi connectivity index (χ2v) is 13.0. The first kappa shape index (κ1) is 32.2. The number of benzene rings is 3. The quantitative estimate of drug-likeness (QED) is 0.262. The summed E-state index contributed by atoms with van der Waals surface area (Å²) in [7, 11) is -3.62. The molecule has 0 fully saturated rings. The highest BCUT2D eigenvalue weighted by Crippen LogP contribution is 2.28. The van der Waals surface area contributed by atoms with E-state index in [1.165, 1.54) is 4.31 Å². The van der Waals surface area contributed by atoms with E-state index < -0.39 is 16.1 Å². The van der Waals surface area contributed by atoms with Crippen LogP contribution < -0.4 is 9.62 Å². The number of hydrogen-bond donors (Lipinski definition) is 1. The molecule has 7 nitrogen and oxygen atoms in total. The Morgan fingerprint density at radius 2 is 1.51 bits per heavy atom. The third kappa shape index (κ3) is 9.61. The topological polar surface area (TPSA) is 86.8 Å². The highest BCUT2D eigenvalue weighted by atomic mass is 35.5. The van der Waals surface area contributed by atoms with Gasteiger partial charge in [-0.1, -0.05) is 92.2 Å². The van der Waals surface area contributed by atoms with Crippen LogP contribution in [0.25, 0.3) is 0 Å². The van der Waals surface area contributed by atoms with E-state index in [1.807, 2.05) is 74.5 Å². The molecule has 41 heavy (non-hydrogen) atoms. The maximum atomic E-state index is 13.9. The van der Waals surface area contributed by atoms with Crippen molar-refractivity contribution in [3.63, 3.8) is 0 Å². The lowest BCUT2D eigenvalue weighted by molar-refractivity contribution is -0.141. The Morgan fingerprint density at radius 1 is 0.902 bits per heavy atom. The molecule has 0 radical (unpaired) electrons. The number of anilines is 1. The van der Waals surface area contributed by atoms with E-state index in [9.17, 15) is 18.0 Å². The highest BCUT2D eigenvalue weighted by Gasteiger charge is 2.30. The average molecular weight is 598 g/mol. The lowest BCUT2D eigenvalue weighted by Crippen LogP contribution is -2.51. The minimum atomic E-state index is -3.62. The molecule has 0 heterocycles. The largest absolute Gasteiger partial charge is 0.354 e. The van der Waals surface area contributed by atoms with Crippen LogP contribution in [0.2, 0.25) is 5.02 Å². The zero-order chi connectivity index (χ0) is 30.0. The third-order valence-electron chi connectivity index (χ3n) is 6.81. The van der Waals surface area contributed by atoms with Gasteiger partial charge in [0.15, 0.2) is 0 Å². The monoisotopic (exact) mass is 597 g/mol. The highest BCUT2D eigenvalue weighted by molar-refractivity contribution is 7.92. The van der Waals surface area contributed by atoms with Gasteiger partial charge in [0.25, 0.3) is 0 Å². The summed E-state index contributed by atoms with van der Waals surface area (Å²) in [5, 5.41) is 3.49. The van der Waals surface area contributed by atoms with Crippen molar-refractivity contribution in [2.24, 2.45) is 5.92 Å². The number of hydrogen-bond acceptors (Lipinski definition) is 4. The zero-order valence-corrected chi connectivity index (χ0v) is 25.8. The Kier molecular flexibility index (Phi) is 11.8. The van der Waals surface area contributed by atoms with Crippen LogP contribution in [0.15, 0.2) is 78.9 Å². The normalized spacial score (nSPS) is 12.1. The van der Waals surface area contributed by atoms with Crippen LogP contribution in [0.1, 0.15) is 43.4 Å². The first-order valence-electron chi connectivity index (χ1n) is 13.8. The molecule has 3 rings (SSSR count). The third-order valence-corrected chi connectivity index (χ3v) is 8.40. The lowest BCUT2D eigenvalue weighted by atomic mass is 10.0. The molecule has 220 valence electrons. The van der Waals surface area contributed by atoms with E-state index in [1.54, 1.807) is 30.0 Å². The molecule has 0 bridgehead atoms. The standard InChI is InChI=1S/C32H40ClN3O4S/c1-24(2)22-34-32(38)30(21-26-13-7-5-8-14-26)35(23-27-15-9-6-10-16-27)31(37)19-12-20-36(41(4,39)40)29-18-11-17-28(33)25(29)3/h5-11,13-18,24,30H,12,19-23H2,1-4H3,(H,34,38)/t30-/m1/s1. The predicted molar refractivity (Wildman–Crippen MR) is 166 cm³/mol. The molecule has 3 aromatic carbocycles. The SMILES string of the molecule is Cc1c(Cl)cccc1N(CCCC(=O)N(Cc1ccccc1)[C@H](Cc1ccccc1)C(=O)NCC(C)C)S(C)(=O)=O. The van der Waals surface area contributed by atoms with Crippen molar-refractivity contribution in [2.45, 2.75) is 52.6 Å². The average Bonchev–Trinajstić information content (AvgIpc) is 2.94. The number of rotatable bonds is 14. The van der Waals surface area contributed by atoms with E-state index in [0.29, 0.717) is 29.2 Å². The van der Waals surface area contributed by atoms with Gasteiger partial charge in [-0.2, -0.15) is 0 Å². The summed E-state index contributed by atoms with van der Waals surface area (Å²) in [5.41, 5.74) is 3.00. The Morgan fingerprint density at radius 3 is 2.10 bits per heavy atom. The number of amides is 2. The van der Waals surface area contributed by atoms with Gasteiger partial charge < -0.3 is 10.2 Å². The van der Waals surface area contributed by atoms with Crippen LogP contribution >= 0.6 is 11.6 Å². The fourth-order valence-electron chi connectivity index (χ4n) is 4.61. The molecular formula is C32H40ClN3O4S. The van der Waals surface area contributed by atoms with Gasteiger partial charge in [0.05, 0.1) is 11.9 Å². The van der Waals surface area contributed by atoms with E-state index in [-0.39, 0.29) is 43.7 Å². The maximum Gasteiger partial charge on any atom is 0.243 e. The van der Waals surface area contributed by atoms with Crippen LogP contribution in [-0.2, 0) is 32.6 Å². The van der Waals surface area contributed by atoms with Crippen LogP contribution in [0.3, 0.4) is 0 Å². The van der Waals surface area contributed by atoms with Gasteiger partial charge in [-0.25, -0.2) is 8.42 Å². The van der Waals surface area contributed by atoms with Gasteiger partial charge in [-0.3, -0.25) is 13.9 Å². The van der Waals surface area contributed by atoms with Crippen molar-refractivity contribution in [1.82, 2.24) is 10.2 Å². The fraction of sp³-hybridized carbons (Fsp3) is 0.375. The van der Waals surface area contributed by atoms with Gasteiger partial charge in [0.2, 0.25) is 21.8 Å². The molecule has 1 N–H and O–H groups in total. The Labute approximate surface area is 249 Å². The minimum Gasteiger partial charge on any atom is -0.354 e. The molecule has 0 aliphatic rings. The summed E-state index contributed by atoms with van der Waals surface area (Å²) in [6.45, 7) is 6.68. The fourth-order valence-corrected chi connectivity index (χ4v) is 5.79. The van der Waals surface area contributed by atoms with Crippen molar-refractivity contribution < 1.29 is 18.0 Å². The van der Waals surface area contributed by atoms with E-state index in [4.69, 9.17) is 11.6 Å². The molecule has 3 aromatic rings. The van der Waals surface area contributed by atoms with Crippen molar-refractivity contribution >= 4 is 39.1 Å². The summed E-state index contributed by atoms with van der Waals surface area (Å²) in [4.78, 5) is 29.1. The van der Waals surface area contributed by atoms with Crippen molar-refractivity contribution in [3.05, 3.63) is 101 Å². The first-order chi connectivity index (χ1) is 19.5. The molecule has 0 unspecified atom stereocenters. The summed E-state index contributed by atoms with van der Waals surface area (Å²) in [6.07, 6.45) is 1.85. The van der Waals surface area contributed by atoms with Crippen LogP contribution in [-0.4, -0.2) is 50.5 Å². The second-order valence-electron chi connectivity index (χ2n) is 10.7. The number of carbonyl (C=O) groups is 2. The van der Waals surface area contributed by atoms with Crippen molar-refractivity contribution in [2.75, 3.05) is 23.7 Å². The van der Waals surface area contributed by atoms with E-state index in [0.717, 1.165) is 17.4 Å². The van der Waals surface area contributed by atoms with Gasteiger partial charge >= 0.3 is 0 Å². The number of nitrogens with one attached hydrogen (secondary N) is 1. The molecule has 0 saturated heterocycles. The molecule has 2 amide bonds. The lowest BCUT2D eigenvalue weighted by Gasteiger charge is -2.32. The smallest absolute Gasteiger partial charge is 0.243 e. The molecule has 0 saturated carbocycles. The molecule has 1 atom stereocenters. The number of nitrogens with zero attached hydrogens (tertiary/aromatic N) is 2. The number of halogens is 1. The Balaban J connectivity index is 1.87. The summed E-state index contributed by atoms with van der Waals surface area (Å²) < 4.78 is 26.7. The van der Waals surface area contributed by atoms with Gasteiger partial charge in [0, 0.05) is 37.5 Å². The molecule has 0 aromatic heterocycles. The molecule has 0 spiro atoms. The van der Waals surface area contributed by atoms with Crippen LogP contribution in [0.4, 0.5) is 5.69 Å². The Hall–Kier alpha value is -3.36. The zero-order valence-electron chi connectivity index (χ0n) is 24.2.